The maximum Gasteiger partial charge on any atom is 0.246 e. The van der Waals surface area contributed by atoms with Gasteiger partial charge in [0.25, 0.3) is 0 Å². The first-order valence-corrected chi connectivity index (χ1v) is 12.0. The largest absolute Gasteiger partial charge is 0.379 e. The third kappa shape index (κ3) is 6.04. The first-order chi connectivity index (χ1) is 15.4. The van der Waals surface area contributed by atoms with Gasteiger partial charge < -0.3 is 9.64 Å². The number of carbonyl (C=O) groups excluding carboxylic acids is 1. The van der Waals surface area contributed by atoms with Gasteiger partial charge >= 0.3 is 0 Å². The molecule has 0 aliphatic carbocycles. The normalized spacial score (nSPS) is 14.9. The summed E-state index contributed by atoms with van der Waals surface area (Å²) in [4.78, 5) is 14.7. The van der Waals surface area contributed by atoms with Gasteiger partial charge in [0.05, 0.1) is 29.7 Å². The minimum absolute atomic E-state index is 0.124. The van der Waals surface area contributed by atoms with Crippen LogP contribution in [0.1, 0.15) is 30.0 Å². The fraction of sp³-hybridized carbons (Fsp3) is 0.333. The van der Waals surface area contributed by atoms with Crippen LogP contribution >= 0.6 is 0 Å². The lowest BCUT2D eigenvalue weighted by Crippen LogP contribution is -2.40. The lowest BCUT2D eigenvalue weighted by Gasteiger charge is -2.26. The van der Waals surface area contributed by atoms with E-state index < -0.39 is 10.0 Å². The zero-order valence-electron chi connectivity index (χ0n) is 18.1. The molecule has 0 aromatic heterocycles. The highest BCUT2D eigenvalue weighted by Gasteiger charge is 2.26. The van der Waals surface area contributed by atoms with Crippen LogP contribution in [0.15, 0.2) is 59.5 Å². The van der Waals surface area contributed by atoms with E-state index in [4.69, 9.17) is 10.00 Å². The smallest absolute Gasteiger partial charge is 0.246 e. The Morgan fingerprint density at radius 1 is 1.12 bits per heavy atom. The Labute approximate surface area is 189 Å². The predicted molar refractivity (Wildman–Crippen MR) is 122 cm³/mol. The van der Waals surface area contributed by atoms with Crippen molar-refractivity contribution in [2.45, 2.75) is 24.8 Å². The van der Waals surface area contributed by atoms with Crippen LogP contribution in [0, 0.1) is 11.3 Å². The number of nitrogens with zero attached hydrogens (tertiary/aromatic N) is 3. The zero-order chi connectivity index (χ0) is 23.0. The maximum atomic E-state index is 12.7. The molecule has 0 bridgehead atoms. The first kappa shape index (κ1) is 23.7. The molecule has 0 spiro atoms. The van der Waals surface area contributed by atoms with Crippen LogP contribution in [0.5, 0.6) is 0 Å². The summed E-state index contributed by atoms with van der Waals surface area (Å²) in [5.41, 5.74) is 2.28. The Bertz CT molecular complexity index is 1080. The first-order valence-electron chi connectivity index (χ1n) is 10.6. The predicted octanol–water partition coefficient (Wildman–Crippen LogP) is 3.03. The van der Waals surface area contributed by atoms with E-state index in [1.54, 1.807) is 47.4 Å². The molecule has 1 heterocycles. The highest BCUT2D eigenvalue weighted by molar-refractivity contribution is 7.89. The van der Waals surface area contributed by atoms with Crippen molar-refractivity contribution >= 4 is 22.0 Å². The van der Waals surface area contributed by atoms with Crippen molar-refractivity contribution in [1.29, 1.82) is 5.26 Å². The van der Waals surface area contributed by atoms with Crippen LogP contribution in [0.2, 0.25) is 0 Å². The summed E-state index contributed by atoms with van der Waals surface area (Å²) in [6.45, 7) is 4.59. The number of amides is 1. The number of carbonyl (C=O) groups is 1. The lowest BCUT2D eigenvalue weighted by molar-refractivity contribution is -0.126. The zero-order valence-corrected chi connectivity index (χ0v) is 18.9. The van der Waals surface area contributed by atoms with Gasteiger partial charge in [-0.1, -0.05) is 31.2 Å². The van der Waals surface area contributed by atoms with E-state index in [1.807, 2.05) is 19.1 Å². The molecule has 1 amide bonds. The fourth-order valence-electron chi connectivity index (χ4n) is 3.40. The number of ether oxygens (including phenoxy) is 1. The van der Waals surface area contributed by atoms with Crippen LogP contribution in [0.25, 0.3) is 6.08 Å². The van der Waals surface area contributed by atoms with Crippen molar-refractivity contribution in [1.82, 2.24) is 9.21 Å². The van der Waals surface area contributed by atoms with Crippen LogP contribution in [0.3, 0.4) is 0 Å². The van der Waals surface area contributed by atoms with Gasteiger partial charge in [-0.2, -0.15) is 9.57 Å². The van der Waals surface area contributed by atoms with Crippen molar-refractivity contribution in [3.05, 3.63) is 71.3 Å². The number of hydrogen-bond donors (Lipinski definition) is 0. The molecule has 0 atom stereocenters. The summed E-state index contributed by atoms with van der Waals surface area (Å²) >= 11 is 0. The molecular weight excluding hydrogens is 426 g/mol. The Morgan fingerprint density at radius 3 is 2.38 bits per heavy atom. The van der Waals surface area contributed by atoms with Gasteiger partial charge in [-0.15, -0.1) is 0 Å². The minimum Gasteiger partial charge on any atom is -0.379 e. The summed E-state index contributed by atoms with van der Waals surface area (Å²) < 4.78 is 32.1. The highest BCUT2D eigenvalue weighted by Crippen LogP contribution is 2.18. The molecule has 0 saturated carbocycles. The standard InChI is InChI=1S/C24H27N3O4S/c1-2-13-26(19-22-5-3-21(18-25)4-6-22)24(28)12-9-20-7-10-23(11-8-20)32(29,30)27-14-16-31-17-15-27/h3-12H,2,13-17,19H2,1H3/b12-9+. The Kier molecular flexibility index (Phi) is 8.17. The van der Waals surface area contributed by atoms with Gasteiger partial charge in [0, 0.05) is 32.3 Å². The third-order valence-corrected chi connectivity index (χ3v) is 7.08. The monoisotopic (exact) mass is 453 g/mol. The Hall–Kier alpha value is -2.99. The van der Waals surface area contributed by atoms with Crippen LogP contribution in [-0.2, 0) is 26.1 Å². The van der Waals surface area contributed by atoms with Crippen molar-refractivity contribution in [2.75, 3.05) is 32.8 Å². The molecule has 2 aromatic rings. The van der Waals surface area contributed by atoms with Gasteiger partial charge in [-0.25, -0.2) is 8.42 Å². The third-order valence-electron chi connectivity index (χ3n) is 5.17. The second-order valence-electron chi connectivity index (χ2n) is 7.49. The Morgan fingerprint density at radius 2 is 1.78 bits per heavy atom. The number of morpholine rings is 1. The van der Waals surface area contributed by atoms with E-state index in [0.29, 0.717) is 45.0 Å². The van der Waals surface area contributed by atoms with Crippen LogP contribution < -0.4 is 0 Å². The van der Waals surface area contributed by atoms with Crippen LogP contribution in [-0.4, -0.2) is 56.4 Å². The number of hydrogen-bond acceptors (Lipinski definition) is 5. The van der Waals surface area contributed by atoms with E-state index in [-0.39, 0.29) is 10.8 Å². The number of rotatable bonds is 8. The maximum absolute atomic E-state index is 12.7. The number of nitriles is 1. The van der Waals surface area contributed by atoms with Crippen molar-refractivity contribution in [3.63, 3.8) is 0 Å². The molecule has 1 aliphatic rings. The SMILES string of the molecule is CCCN(Cc1ccc(C#N)cc1)C(=O)/C=C/c1ccc(S(=O)(=O)N2CCOCC2)cc1. The average Bonchev–Trinajstić information content (AvgIpc) is 2.83. The van der Waals surface area contributed by atoms with Crippen LogP contribution in [0.4, 0.5) is 0 Å². The van der Waals surface area contributed by atoms with Gasteiger partial charge in [0.2, 0.25) is 15.9 Å². The number of benzene rings is 2. The molecule has 8 heteroatoms. The van der Waals surface area contributed by atoms with E-state index in [0.717, 1.165) is 17.5 Å². The summed E-state index contributed by atoms with van der Waals surface area (Å²) in [6, 6.07) is 15.8. The van der Waals surface area contributed by atoms with E-state index in [9.17, 15) is 13.2 Å². The van der Waals surface area contributed by atoms with Gasteiger partial charge in [-0.3, -0.25) is 4.79 Å². The van der Waals surface area contributed by atoms with Gasteiger partial charge in [0.15, 0.2) is 0 Å². The second kappa shape index (κ2) is 11.0. The van der Waals surface area contributed by atoms with Crippen molar-refractivity contribution in [3.8, 4) is 6.07 Å². The molecule has 3 rings (SSSR count). The summed E-state index contributed by atoms with van der Waals surface area (Å²) in [7, 11) is -3.54. The molecule has 0 radical (unpaired) electrons. The minimum atomic E-state index is -3.54. The number of sulfonamides is 1. The highest BCUT2D eigenvalue weighted by atomic mass is 32.2. The average molecular weight is 454 g/mol. The van der Waals surface area contributed by atoms with Crippen molar-refractivity contribution < 1.29 is 17.9 Å². The topological polar surface area (TPSA) is 90.7 Å². The second-order valence-corrected chi connectivity index (χ2v) is 9.43. The van der Waals surface area contributed by atoms with Gasteiger partial charge in [0.1, 0.15) is 0 Å². The summed E-state index contributed by atoms with van der Waals surface area (Å²) in [5, 5.41) is 8.92. The summed E-state index contributed by atoms with van der Waals surface area (Å²) in [5.74, 6) is -0.124. The molecule has 1 aliphatic heterocycles. The molecular formula is C24H27N3O4S. The van der Waals surface area contributed by atoms with Gasteiger partial charge in [-0.05, 0) is 47.9 Å². The summed E-state index contributed by atoms with van der Waals surface area (Å²) in [6.07, 6.45) is 4.02. The quantitative estimate of drug-likeness (QED) is 0.573. The molecule has 32 heavy (non-hydrogen) atoms. The molecule has 7 nitrogen and oxygen atoms in total. The molecule has 0 N–H and O–H groups in total. The van der Waals surface area contributed by atoms with E-state index >= 15 is 0 Å². The Balaban J connectivity index is 1.66. The fourth-order valence-corrected chi connectivity index (χ4v) is 4.81. The lowest BCUT2D eigenvalue weighted by atomic mass is 10.1. The molecule has 2 aromatic carbocycles. The molecule has 1 saturated heterocycles. The molecule has 1 fully saturated rings. The van der Waals surface area contributed by atoms with E-state index in [2.05, 4.69) is 6.07 Å². The van der Waals surface area contributed by atoms with E-state index in [1.165, 1.54) is 10.4 Å². The molecule has 0 unspecified atom stereocenters. The van der Waals surface area contributed by atoms with Crippen molar-refractivity contribution in [2.24, 2.45) is 0 Å². The molecule has 168 valence electrons.